The van der Waals surface area contributed by atoms with Gasteiger partial charge in [-0.1, -0.05) is 39.0 Å². The highest BCUT2D eigenvalue weighted by Crippen LogP contribution is 2.73. The number of fused-ring (bicyclic) bond motifs is 3. The maximum atomic E-state index is 12.8. The minimum Gasteiger partial charge on any atom is -0.469 e. The zero-order valence-electron chi connectivity index (χ0n) is 16.5. The number of carbonyl (C=O) groups is 2. The molecule has 0 N–H and O–H groups in total. The van der Waals surface area contributed by atoms with Gasteiger partial charge >= 0.3 is 17.6 Å². The summed E-state index contributed by atoms with van der Waals surface area (Å²) in [7, 11) is 1.39. The van der Waals surface area contributed by atoms with E-state index in [0.29, 0.717) is 23.8 Å². The van der Waals surface area contributed by atoms with Crippen molar-refractivity contribution in [3.63, 3.8) is 0 Å². The van der Waals surface area contributed by atoms with Gasteiger partial charge in [0.2, 0.25) is 0 Å². The normalized spacial score (nSPS) is 30.4. The van der Waals surface area contributed by atoms with Crippen molar-refractivity contribution in [3.05, 3.63) is 46.3 Å². The fraction of sp³-hybridized carbons (Fsp3) is 0.500. The Hall–Kier alpha value is -2.63. The van der Waals surface area contributed by atoms with E-state index in [1.165, 1.54) is 13.2 Å². The Kier molecular flexibility index (Phi) is 3.97. The molecule has 6 heteroatoms. The molecule has 0 saturated heterocycles. The number of esters is 2. The van der Waals surface area contributed by atoms with E-state index in [9.17, 15) is 14.4 Å². The summed E-state index contributed by atoms with van der Waals surface area (Å²) in [5.41, 5.74) is -1.90. The van der Waals surface area contributed by atoms with E-state index < -0.39 is 28.5 Å². The molecule has 4 rings (SSSR count). The van der Waals surface area contributed by atoms with Crippen LogP contribution >= 0.6 is 0 Å². The van der Waals surface area contributed by atoms with Gasteiger partial charge in [-0.25, -0.2) is 9.59 Å². The summed E-state index contributed by atoms with van der Waals surface area (Å²) in [5.74, 6) is -0.973. The van der Waals surface area contributed by atoms with E-state index in [1.54, 1.807) is 24.3 Å². The second kappa shape index (κ2) is 5.93. The number of para-hydroxylation sites is 1. The van der Waals surface area contributed by atoms with Crippen molar-refractivity contribution in [1.29, 1.82) is 0 Å². The summed E-state index contributed by atoms with van der Waals surface area (Å²) in [4.78, 5) is 37.8. The second-order valence-electron chi connectivity index (χ2n) is 8.70. The van der Waals surface area contributed by atoms with Gasteiger partial charge in [-0.05, 0) is 30.4 Å². The molecule has 6 nitrogen and oxygen atoms in total. The Morgan fingerprint density at radius 1 is 1.14 bits per heavy atom. The number of carbonyl (C=O) groups excluding carboxylic acids is 2. The molecule has 148 valence electrons. The monoisotopic (exact) mass is 384 g/mol. The second-order valence-corrected chi connectivity index (χ2v) is 8.70. The van der Waals surface area contributed by atoms with Gasteiger partial charge in [0.05, 0.1) is 12.5 Å². The quantitative estimate of drug-likeness (QED) is 0.593. The summed E-state index contributed by atoms with van der Waals surface area (Å²) in [5, 5.41) is 0.652. The van der Waals surface area contributed by atoms with Crippen molar-refractivity contribution in [2.45, 2.75) is 46.1 Å². The summed E-state index contributed by atoms with van der Waals surface area (Å²) >= 11 is 0. The standard InChI is InChI=1S/C22H24O6/c1-20(2)21(3)9-10-22(20,19(25)26-4)12-16(21)28-18(24)14-11-13-7-5-6-8-15(13)27-17(14)23/h5-8,11,16H,9-10,12H2,1-4H3. The predicted octanol–water partition coefficient (Wildman–Crippen LogP) is 3.71. The Balaban J connectivity index is 1.67. The maximum Gasteiger partial charge on any atom is 0.351 e. The van der Waals surface area contributed by atoms with Crippen LogP contribution in [0.5, 0.6) is 0 Å². The number of hydrogen-bond donors (Lipinski definition) is 0. The van der Waals surface area contributed by atoms with Gasteiger partial charge in [0, 0.05) is 17.2 Å². The average molecular weight is 384 g/mol. The van der Waals surface area contributed by atoms with Crippen LogP contribution in [-0.4, -0.2) is 25.2 Å². The van der Waals surface area contributed by atoms with E-state index >= 15 is 0 Å². The van der Waals surface area contributed by atoms with Gasteiger partial charge < -0.3 is 13.9 Å². The van der Waals surface area contributed by atoms with Crippen molar-refractivity contribution in [3.8, 4) is 0 Å². The van der Waals surface area contributed by atoms with Crippen LogP contribution in [0.1, 0.15) is 50.4 Å². The lowest BCUT2D eigenvalue weighted by atomic mass is 9.65. The largest absolute Gasteiger partial charge is 0.469 e. The van der Waals surface area contributed by atoms with Crippen molar-refractivity contribution < 1.29 is 23.5 Å². The number of ether oxygens (including phenoxy) is 2. The molecule has 3 atom stereocenters. The molecule has 2 saturated carbocycles. The Morgan fingerprint density at radius 2 is 1.86 bits per heavy atom. The molecule has 2 aliphatic carbocycles. The predicted molar refractivity (Wildman–Crippen MR) is 102 cm³/mol. The lowest BCUT2D eigenvalue weighted by Gasteiger charge is -2.39. The highest BCUT2D eigenvalue weighted by molar-refractivity contribution is 5.93. The Bertz CT molecular complexity index is 1030. The fourth-order valence-electron chi connectivity index (χ4n) is 5.31. The molecule has 2 bridgehead atoms. The third-order valence-corrected chi connectivity index (χ3v) is 7.63. The first-order valence-corrected chi connectivity index (χ1v) is 9.49. The third kappa shape index (κ3) is 2.23. The average Bonchev–Trinajstić information content (AvgIpc) is 2.97. The van der Waals surface area contributed by atoms with E-state index in [4.69, 9.17) is 13.9 Å². The van der Waals surface area contributed by atoms with Crippen LogP contribution in [0.15, 0.2) is 39.5 Å². The van der Waals surface area contributed by atoms with Crippen LogP contribution < -0.4 is 5.63 Å². The first kappa shape index (κ1) is 18.7. The summed E-state index contributed by atoms with van der Waals surface area (Å²) in [6.45, 7) is 6.12. The fourth-order valence-corrected chi connectivity index (χ4v) is 5.31. The van der Waals surface area contributed by atoms with Gasteiger partial charge in [-0.15, -0.1) is 0 Å². The molecule has 0 aliphatic heterocycles. The smallest absolute Gasteiger partial charge is 0.351 e. The molecule has 3 unspecified atom stereocenters. The number of rotatable bonds is 3. The maximum absolute atomic E-state index is 12.8. The van der Waals surface area contributed by atoms with Gasteiger partial charge in [0.15, 0.2) is 0 Å². The van der Waals surface area contributed by atoms with Crippen LogP contribution in [0.25, 0.3) is 11.0 Å². The molecular weight excluding hydrogens is 360 g/mol. The Morgan fingerprint density at radius 3 is 2.57 bits per heavy atom. The van der Waals surface area contributed by atoms with Gasteiger partial charge in [0.25, 0.3) is 0 Å². The minimum atomic E-state index is -0.723. The molecule has 1 heterocycles. The zero-order chi connectivity index (χ0) is 20.3. The van der Waals surface area contributed by atoms with Crippen molar-refractivity contribution >= 4 is 22.9 Å². The summed E-state index contributed by atoms with van der Waals surface area (Å²) < 4.78 is 16.2. The van der Waals surface area contributed by atoms with Crippen LogP contribution in [-0.2, 0) is 14.3 Å². The lowest BCUT2D eigenvalue weighted by molar-refractivity contribution is -0.158. The van der Waals surface area contributed by atoms with Gasteiger partial charge in [-0.3, -0.25) is 4.79 Å². The lowest BCUT2D eigenvalue weighted by Crippen LogP contribution is -2.41. The van der Waals surface area contributed by atoms with Crippen molar-refractivity contribution in [2.75, 3.05) is 7.11 Å². The van der Waals surface area contributed by atoms with Crippen molar-refractivity contribution in [1.82, 2.24) is 0 Å². The SMILES string of the molecule is COC(=O)C12CCC(C)(C(OC(=O)c3cc4ccccc4oc3=O)C1)C2(C)C. The molecule has 2 aliphatic rings. The molecular formula is C22H24O6. The van der Waals surface area contributed by atoms with Crippen molar-refractivity contribution in [2.24, 2.45) is 16.2 Å². The number of hydrogen-bond acceptors (Lipinski definition) is 6. The van der Waals surface area contributed by atoms with E-state index in [2.05, 4.69) is 0 Å². The van der Waals surface area contributed by atoms with Crippen LogP contribution in [0, 0.1) is 16.2 Å². The number of methoxy groups -OCH3 is 1. The number of benzene rings is 1. The highest BCUT2D eigenvalue weighted by Gasteiger charge is 2.74. The first-order valence-electron chi connectivity index (χ1n) is 9.49. The third-order valence-electron chi connectivity index (χ3n) is 7.63. The van der Waals surface area contributed by atoms with Crippen LogP contribution in [0.3, 0.4) is 0 Å². The molecule has 28 heavy (non-hydrogen) atoms. The molecule has 0 radical (unpaired) electrons. The Labute approximate surface area is 162 Å². The topological polar surface area (TPSA) is 82.8 Å². The van der Waals surface area contributed by atoms with E-state index in [0.717, 1.165) is 6.42 Å². The summed E-state index contributed by atoms with van der Waals surface area (Å²) in [6.07, 6.45) is 1.37. The minimum absolute atomic E-state index is 0.130. The molecule has 1 aromatic heterocycles. The van der Waals surface area contributed by atoms with Crippen LogP contribution in [0.4, 0.5) is 0 Å². The van der Waals surface area contributed by atoms with Crippen LogP contribution in [0.2, 0.25) is 0 Å². The highest BCUT2D eigenvalue weighted by atomic mass is 16.5. The zero-order valence-corrected chi connectivity index (χ0v) is 16.5. The van der Waals surface area contributed by atoms with E-state index in [-0.39, 0.29) is 16.9 Å². The molecule has 0 amide bonds. The van der Waals surface area contributed by atoms with Gasteiger partial charge in [-0.2, -0.15) is 0 Å². The van der Waals surface area contributed by atoms with E-state index in [1.807, 2.05) is 20.8 Å². The summed E-state index contributed by atoms with van der Waals surface area (Å²) in [6, 6.07) is 8.50. The molecule has 2 fully saturated rings. The molecule has 0 spiro atoms. The first-order chi connectivity index (χ1) is 13.2. The van der Waals surface area contributed by atoms with Gasteiger partial charge in [0.1, 0.15) is 17.3 Å². The molecule has 1 aromatic carbocycles. The molecule has 2 aromatic rings.